The summed E-state index contributed by atoms with van der Waals surface area (Å²) in [6.07, 6.45) is 0.796. The summed E-state index contributed by atoms with van der Waals surface area (Å²) in [4.78, 5) is 18.0. The fourth-order valence-electron chi connectivity index (χ4n) is 3.09. The standard InChI is InChI=1S/C22H26N2O/c1-15(2)12-21-23-20-13-18(16(3)4)10-11-19(20)22(25)24(21)14-17-8-6-5-7-9-17/h5-11,13,15-16H,12,14H2,1-4H3. The minimum absolute atomic E-state index is 0.0554. The number of fused-ring (bicyclic) bond motifs is 1. The van der Waals surface area contributed by atoms with Gasteiger partial charge in [-0.05, 0) is 35.1 Å². The Morgan fingerprint density at radius 3 is 2.36 bits per heavy atom. The Labute approximate surface area is 149 Å². The van der Waals surface area contributed by atoms with Gasteiger partial charge in [0.2, 0.25) is 0 Å². The summed E-state index contributed by atoms with van der Waals surface area (Å²) < 4.78 is 1.84. The van der Waals surface area contributed by atoms with Gasteiger partial charge in [0.05, 0.1) is 17.4 Å². The Morgan fingerprint density at radius 1 is 1.00 bits per heavy atom. The van der Waals surface area contributed by atoms with E-state index in [9.17, 15) is 4.79 Å². The molecule has 0 aliphatic heterocycles. The Morgan fingerprint density at radius 2 is 1.72 bits per heavy atom. The molecule has 0 N–H and O–H groups in total. The summed E-state index contributed by atoms with van der Waals surface area (Å²) in [7, 11) is 0. The van der Waals surface area contributed by atoms with E-state index in [-0.39, 0.29) is 5.56 Å². The Balaban J connectivity index is 2.17. The number of aromatic nitrogens is 2. The molecule has 0 saturated carbocycles. The molecule has 1 heterocycles. The molecule has 0 amide bonds. The van der Waals surface area contributed by atoms with Gasteiger partial charge >= 0.3 is 0 Å². The van der Waals surface area contributed by atoms with Gasteiger partial charge in [0.15, 0.2) is 0 Å². The third-order valence-electron chi connectivity index (χ3n) is 4.50. The van der Waals surface area contributed by atoms with E-state index in [0.717, 1.165) is 23.3 Å². The average Bonchev–Trinajstić information content (AvgIpc) is 2.58. The second-order valence-corrected chi connectivity index (χ2v) is 7.43. The van der Waals surface area contributed by atoms with Crippen LogP contribution in [0.3, 0.4) is 0 Å². The first-order valence-electron chi connectivity index (χ1n) is 9.03. The van der Waals surface area contributed by atoms with Crippen LogP contribution in [0.2, 0.25) is 0 Å². The minimum Gasteiger partial charge on any atom is -0.292 e. The largest absolute Gasteiger partial charge is 0.292 e. The third-order valence-corrected chi connectivity index (χ3v) is 4.50. The van der Waals surface area contributed by atoms with Gasteiger partial charge in [-0.3, -0.25) is 9.36 Å². The molecule has 0 unspecified atom stereocenters. The van der Waals surface area contributed by atoms with E-state index in [1.165, 1.54) is 5.56 Å². The molecule has 25 heavy (non-hydrogen) atoms. The molecule has 0 atom stereocenters. The number of rotatable bonds is 5. The summed E-state index contributed by atoms with van der Waals surface area (Å²) >= 11 is 0. The van der Waals surface area contributed by atoms with Crippen LogP contribution >= 0.6 is 0 Å². The number of nitrogens with zero attached hydrogens (tertiary/aromatic N) is 2. The van der Waals surface area contributed by atoms with Crippen molar-refractivity contribution >= 4 is 10.9 Å². The lowest BCUT2D eigenvalue weighted by atomic mass is 10.0. The SMILES string of the molecule is CC(C)Cc1nc2cc(C(C)C)ccc2c(=O)n1Cc1ccccc1. The van der Waals surface area contributed by atoms with Gasteiger partial charge in [0, 0.05) is 6.42 Å². The molecule has 0 fully saturated rings. The summed E-state index contributed by atoms with van der Waals surface area (Å²) in [5.41, 5.74) is 3.21. The first kappa shape index (κ1) is 17.4. The second kappa shape index (κ2) is 7.22. The molecule has 0 saturated heterocycles. The van der Waals surface area contributed by atoms with Crippen LogP contribution in [0.25, 0.3) is 10.9 Å². The van der Waals surface area contributed by atoms with Crippen LogP contribution in [-0.4, -0.2) is 9.55 Å². The fraction of sp³-hybridized carbons (Fsp3) is 0.364. The second-order valence-electron chi connectivity index (χ2n) is 7.43. The lowest BCUT2D eigenvalue weighted by Gasteiger charge is -2.16. The van der Waals surface area contributed by atoms with Crippen molar-refractivity contribution in [3.8, 4) is 0 Å². The van der Waals surface area contributed by atoms with E-state index < -0.39 is 0 Å². The highest BCUT2D eigenvalue weighted by Gasteiger charge is 2.14. The van der Waals surface area contributed by atoms with Gasteiger partial charge in [-0.2, -0.15) is 0 Å². The zero-order valence-electron chi connectivity index (χ0n) is 15.5. The minimum atomic E-state index is 0.0554. The summed E-state index contributed by atoms with van der Waals surface area (Å²) in [5.74, 6) is 1.74. The van der Waals surface area contributed by atoms with Crippen molar-refractivity contribution in [1.82, 2.24) is 9.55 Å². The third kappa shape index (κ3) is 3.81. The maximum Gasteiger partial charge on any atom is 0.261 e. The van der Waals surface area contributed by atoms with Crippen LogP contribution in [-0.2, 0) is 13.0 Å². The Bertz CT molecular complexity index is 924. The first-order valence-corrected chi connectivity index (χ1v) is 9.03. The van der Waals surface area contributed by atoms with Crippen LogP contribution in [0.4, 0.5) is 0 Å². The quantitative estimate of drug-likeness (QED) is 0.674. The van der Waals surface area contributed by atoms with Crippen LogP contribution in [0.15, 0.2) is 53.3 Å². The van der Waals surface area contributed by atoms with Gasteiger partial charge in [0.25, 0.3) is 5.56 Å². The summed E-state index contributed by atoms with van der Waals surface area (Å²) in [5, 5.41) is 0.702. The van der Waals surface area contributed by atoms with Crippen LogP contribution < -0.4 is 5.56 Å². The van der Waals surface area contributed by atoms with E-state index in [2.05, 4.69) is 45.9 Å². The number of benzene rings is 2. The molecule has 0 aliphatic rings. The molecule has 1 aromatic heterocycles. The Hall–Kier alpha value is -2.42. The van der Waals surface area contributed by atoms with Crippen LogP contribution in [0.1, 0.15) is 50.6 Å². The highest BCUT2D eigenvalue weighted by Crippen LogP contribution is 2.19. The van der Waals surface area contributed by atoms with E-state index in [1.54, 1.807) is 0 Å². The van der Waals surface area contributed by atoms with E-state index in [4.69, 9.17) is 4.98 Å². The van der Waals surface area contributed by atoms with Gasteiger partial charge in [-0.15, -0.1) is 0 Å². The normalized spacial score (nSPS) is 11.6. The molecule has 0 spiro atoms. The van der Waals surface area contributed by atoms with Gasteiger partial charge in [-0.1, -0.05) is 64.1 Å². The predicted molar refractivity (Wildman–Crippen MR) is 104 cm³/mol. The van der Waals surface area contributed by atoms with E-state index in [1.807, 2.05) is 34.9 Å². The molecule has 130 valence electrons. The van der Waals surface area contributed by atoms with Crippen molar-refractivity contribution < 1.29 is 0 Å². The van der Waals surface area contributed by atoms with Gasteiger partial charge in [-0.25, -0.2) is 4.98 Å². The summed E-state index contributed by atoms with van der Waals surface area (Å²) in [6, 6.07) is 16.2. The smallest absolute Gasteiger partial charge is 0.261 e. The molecule has 0 aliphatic carbocycles. The van der Waals surface area contributed by atoms with E-state index in [0.29, 0.717) is 23.8 Å². The number of hydrogen-bond donors (Lipinski definition) is 0. The molecule has 3 rings (SSSR count). The molecular formula is C22H26N2O. The zero-order chi connectivity index (χ0) is 18.0. The van der Waals surface area contributed by atoms with Gasteiger partial charge < -0.3 is 0 Å². The highest BCUT2D eigenvalue weighted by molar-refractivity contribution is 5.78. The predicted octanol–water partition coefficient (Wildman–Crippen LogP) is 4.77. The van der Waals surface area contributed by atoms with Crippen molar-refractivity contribution in [1.29, 1.82) is 0 Å². The fourth-order valence-corrected chi connectivity index (χ4v) is 3.09. The van der Waals surface area contributed by atoms with Crippen molar-refractivity contribution in [3.63, 3.8) is 0 Å². The first-order chi connectivity index (χ1) is 12.0. The molecule has 3 nitrogen and oxygen atoms in total. The lowest BCUT2D eigenvalue weighted by Crippen LogP contribution is -2.27. The van der Waals surface area contributed by atoms with Crippen molar-refractivity contribution in [2.75, 3.05) is 0 Å². The molecule has 3 heteroatoms. The molecule has 2 aromatic carbocycles. The lowest BCUT2D eigenvalue weighted by molar-refractivity contribution is 0.574. The van der Waals surface area contributed by atoms with E-state index >= 15 is 0 Å². The average molecular weight is 334 g/mol. The summed E-state index contributed by atoms with van der Waals surface area (Å²) in [6.45, 7) is 9.21. The van der Waals surface area contributed by atoms with Gasteiger partial charge in [0.1, 0.15) is 5.82 Å². The Kier molecular flexibility index (Phi) is 5.03. The topological polar surface area (TPSA) is 34.9 Å². The molecule has 3 aromatic rings. The van der Waals surface area contributed by atoms with Crippen molar-refractivity contribution in [2.24, 2.45) is 5.92 Å². The van der Waals surface area contributed by atoms with Crippen molar-refractivity contribution in [2.45, 2.75) is 46.6 Å². The molecular weight excluding hydrogens is 308 g/mol. The highest BCUT2D eigenvalue weighted by atomic mass is 16.1. The van der Waals surface area contributed by atoms with Crippen molar-refractivity contribution in [3.05, 3.63) is 75.8 Å². The maximum absolute atomic E-state index is 13.1. The van der Waals surface area contributed by atoms with Crippen LogP contribution in [0.5, 0.6) is 0 Å². The van der Waals surface area contributed by atoms with Crippen LogP contribution in [0, 0.1) is 5.92 Å². The monoisotopic (exact) mass is 334 g/mol. The maximum atomic E-state index is 13.1. The number of hydrogen-bond acceptors (Lipinski definition) is 2. The zero-order valence-corrected chi connectivity index (χ0v) is 15.5. The molecule has 0 bridgehead atoms. The molecule has 0 radical (unpaired) electrons.